The lowest BCUT2D eigenvalue weighted by atomic mass is 9.97. The molecule has 0 fully saturated rings. The molecule has 34 heavy (non-hydrogen) atoms. The number of carboxylic acids is 1. The third-order valence-electron chi connectivity index (χ3n) is 5.47. The predicted octanol–water partition coefficient (Wildman–Crippen LogP) is -0.113. The number of carbonyl (C=O) groups excluding carboxylic acids is 3. The molecule has 0 aliphatic heterocycles. The van der Waals surface area contributed by atoms with Gasteiger partial charge in [-0.15, -0.1) is 0 Å². The number of rotatable bonds is 15. The first-order chi connectivity index (χ1) is 16.1. The van der Waals surface area contributed by atoms with E-state index in [2.05, 4.69) is 16.0 Å². The highest BCUT2D eigenvalue weighted by Gasteiger charge is 2.32. The molecule has 5 unspecified atom stereocenters. The third-order valence-corrected chi connectivity index (χ3v) is 6.11. The molecule has 0 bridgehead atoms. The van der Waals surface area contributed by atoms with E-state index in [1.165, 1.54) is 11.8 Å². The summed E-state index contributed by atoms with van der Waals surface area (Å²) in [5.41, 5.74) is 6.94. The summed E-state index contributed by atoms with van der Waals surface area (Å²) in [5.74, 6) is -2.90. The number of nitrogens with one attached hydrogen (secondary N) is 3. The van der Waals surface area contributed by atoms with Crippen LogP contribution in [-0.4, -0.2) is 76.7 Å². The summed E-state index contributed by atoms with van der Waals surface area (Å²) in [5, 5.41) is 25.9. The van der Waals surface area contributed by atoms with Crippen LogP contribution in [0.5, 0.6) is 0 Å². The van der Waals surface area contributed by atoms with Gasteiger partial charge >= 0.3 is 5.97 Å². The smallest absolute Gasteiger partial charge is 0.328 e. The highest BCUT2D eigenvalue weighted by atomic mass is 32.2. The van der Waals surface area contributed by atoms with Gasteiger partial charge in [0, 0.05) is 0 Å². The van der Waals surface area contributed by atoms with Gasteiger partial charge < -0.3 is 31.9 Å². The fourth-order valence-electron chi connectivity index (χ4n) is 3.15. The minimum Gasteiger partial charge on any atom is -0.480 e. The van der Waals surface area contributed by atoms with Gasteiger partial charge in [0.2, 0.25) is 17.7 Å². The molecule has 190 valence electrons. The number of hydrogen-bond donors (Lipinski definition) is 6. The maximum absolute atomic E-state index is 13.1. The van der Waals surface area contributed by atoms with Crippen molar-refractivity contribution in [3.05, 3.63) is 35.9 Å². The fourth-order valence-corrected chi connectivity index (χ4v) is 3.62. The van der Waals surface area contributed by atoms with Crippen LogP contribution in [0.4, 0.5) is 0 Å². The number of nitrogens with two attached hydrogens (primary N) is 1. The van der Waals surface area contributed by atoms with Crippen LogP contribution in [-0.2, 0) is 25.6 Å². The number of amides is 3. The maximum atomic E-state index is 13.1. The quantitative estimate of drug-likeness (QED) is 0.195. The normalized spacial score (nSPS) is 15.3. The van der Waals surface area contributed by atoms with E-state index in [-0.39, 0.29) is 5.92 Å². The Hall–Kier alpha value is -2.63. The molecule has 0 aliphatic carbocycles. The molecule has 0 aromatic heterocycles. The highest BCUT2D eigenvalue weighted by molar-refractivity contribution is 7.98. The van der Waals surface area contributed by atoms with Crippen LogP contribution in [0.1, 0.15) is 32.3 Å². The molecule has 7 N–H and O–H groups in total. The summed E-state index contributed by atoms with van der Waals surface area (Å²) in [6.07, 6.45) is 3.02. The summed E-state index contributed by atoms with van der Waals surface area (Å²) in [6.45, 7) is 2.78. The Kier molecular flexibility index (Phi) is 13.2. The number of benzene rings is 1. The molecule has 1 aromatic rings. The van der Waals surface area contributed by atoms with E-state index in [0.717, 1.165) is 5.56 Å². The van der Waals surface area contributed by atoms with Crippen LogP contribution in [0.3, 0.4) is 0 Å². The number of thioether (sulfide) groups is 1. The van der Waals surface area contributed by atoms with E-state index in [0.29, 0.717) is 25.0 Å². The maximum Gasteiger partial charge on any atom is 0.328 e. The van der Waals surface area contributed by atoms with Crippen LogP contribution >= 0.6 is 11.8 Å². The molecule has 0 aliphatic rings. The van der Waals surface area contributed by atoms with Gasteiger partial charge in [-0.1, -0.05) is 50.6 Å². The second-order valence-electron chi connectivity index (χ2n) is 8.09. The Morgan fingerprint density at radius 3 is 2.15 bits per heavy atom. The second kappa shape index (κ2) is 15.3. The van der Waals surface area contributed by atoms with E-state index in [1.54, 1.807) is 6.92 Å². The summed E-state index contributed by atoms with van der Waals surface area (Å²) in [7, 11) is 0. The topological polar surface area (TPSA) is 171 Å². The van der Waals surface area contributed by atoms with Crippen molar-refractivity contribution < 1.29 is 29.4 Å². The third kappa shape index (κ3) is 9.70. The molecule has 10 nitrogen and oxygen atoms in total. The molecule has 1 rings (SSSR count). The van der Waals surface area contributed by atoms with E-state index in [1.807, 2.05) is 43.5 Å². The minimum absolute atomic E-state index is 0.305. The Bertz CT molecular complexity index is 810. The van der Waals surface area contributed by atoms with E-state index in [9.17, 15) is 24.3 Å². The Labute approximate surface area is 204 Å². The zero-order valence-corrected chi connectivity index (χ0v) is 20.6. The number of carbonyl (C=O) groups is 4. The van der Waals surface area contributed by atoms with Crippen molar-refractivity contribution >= 4 is 35.5 Å². The van der Waals surface area contributed by atoms with Gasteiger partial charge in [-0.3, -0.25) is 14.4 Å². The van der Waals surface area contributed by atoms with E-state index in [4.69, 9.17) is 10.8 Å². The van der Waals surface area contributed by atoms with Gasteiger partial charge in [0.05, 0.1) is 12.6 Å². The molecule has 1 aromatic carbocycles. The number of carboxylic acid groups (broad SMARTS) is 1. The summed E-state index contributed by atoms with van der Waals surface area (Å²) < 4.78 is 0. The van der Waals surface area contributed by atoms with Crippen molar-refractivity contribution in [2.45, 2.75) is 57.3 Å². The molecule has 0 saturated carbocycles. The predicted molar refractivity (Wildman–Crippen MR) is 131 cm³/mol. The molecule has 0 heterocycles. The van der Waals surface area contributed by atoms with E-state index >= 15 is 0 Å². The number of hydrogen-bond acceptors (Lipinski definition) is 7. The summed E-state index contributed by atoms with van der Waals surface area (Å²) >= 11 is 1.50. The highest BCUT2D eigenvalue weighted by Crippen LogP contribution is 2.11. The minimum atomic E-state index is -1.49. The Morgan fingerprint density at radius 1 is 1.00 bits per heavy atom. The van der Waals surface area contributed by atoms with Crippen molar-refractivity contribution in [2.75, 3.05) is 18.6 Å². The molecule has 11 heteroatoms. The number of aliphatic hydroxyl groups excluding tert-OH is 1. The monoisotopic (exact) mass is 496 g/mol. The zero-order valence-electron chi connectivity index (χ0n) is 19.8. The van der Waals surface area contributed by atoms with Gasteiger partial charge in [-0.2, -0.15) is 11.8 Å². The average molecular weight is 497 g/mol. The first-order valence-corrected chi connectivity index (χ1v) is 12.6. The van der Waals surface area contributed by atoms with Gasteiger partial charge in [0.1, 0.15) is 18.1 Å². The van der Waals surface area contributed by atoms with Crippen molar-refractivity contribution in [1.29, 1.82) is 0 Å². The van der Waals surface area contributed by atoms with Gasteiger partial charge in [-0.25, -0.2) is 4.79 Å². The van der Waals surface area contributed by atoms with Crippen LogP contribution in [0.15, 0.2) is 30.3 Å². The molecule has 0 spiro atoms. The van der Waals surface area contributed by atoms with Crippen molar-refractivity contribution in [3.63, 3.8) is 0 Å². The summed E-state index contributed by atoms with van der Waals surface area (Å²) in [4.78, 5) is 49.6. The van der Waals surface area contributed by atoms with Crippen LogP contribution in [0, 0.1) is 5.92 Å². The first-order valence-electron chi connectivity index (χ1n) is 11.2. The van der Waals surface area contributed by atoms with Gasteiger partial charge in [0.15, 0.2) is 0 Å². The Balaban J connectivity index is 2.92. The SMILES string of the molecule is CCC(C)C(NC(=O)C(CCSC)NC(=O)C(N)Cc1ccccc1)C(=O)NC(CO)C(=O)O. The molecule has 3 amide bonds. The standard InChI is InChI=1S/C23H36N4O6S/c1-4-14(2)19(22(31)26-18(13-28)23(32)33)27-21(30)17(10-11-34-3)25-20(29)16(24)12-15-8-6-5-7-9-15/h5-9,14,16-19,28H,4,10-13,24H2,1-3H3,(H,25,29)(H,26,31)(H,27,30)(H,32,33). The van der Waals surface area contributed by atoms with Gasteiger partial charge in [0.25, 0.3) is 0 Å². The average Bonchev–Trinajstić information content (AvgIpc) is 2.82. The number of aliphatic hydroxyl groups is 1. The lowest BCUT2D eigenvalue weighted by Crippen LogP contribution is -2.59. The van der Waals surface area contributed by atoms with Crippen molar-refractivity contribution in [3.8, 4) is 0 Å². The first kappa shape index (κ1) is 29.4. The molecular weight excluding hydrogens is 460 g/mol. The lowest BCUT2D eigenvalue weighted by molar-refractivity contribution is -0.143. The summed E-state index contributed by atoms with van der Waals surface area (Å²) in [6, 6.07) is 4.96. The van der Waals surface area contributed by atoms with Crippen LogP contribution < -0.4 is 21.7 Å². The molecule has 5 atom stereocenters. The van der Waals surface area contributed by atoms with E-state index < -0.39 is 54.5 Å². The number of aliphatic carboxylic acids is 1. The van der Waals surface area contributed by atoms with Crippen LogP contribution in [0.25, 0.3) is 0 Å². The lowest BCUT2D eigenvalue weighted by Gasteiger charge is -2.28. The molecular formula is C23H36N4O6S. The Morgan fingerprint density at radius 2 is 1.62 bits per heavy atom. The van der Waals surface area contributed by atoms with Gasteiger partial charge in [-0.05, 0) is 36.3 Å². The fraction of sp³-hybridized carbons (Fsp3) is 0.565. The van der Waals surface area contributed by atoms with Crippen molar-refractivity contribution in [2.24, 2.45) is 11.7 Å². The largest absolute Gasteiger partial charge is 0.480 e. The molecule has 0 radical (unpaired) electrons. The second-order valence-corrected chi connectivity index (χ2v) is 9.08. The zero-order chi connectivity index (χ0) is 25.7. The van der Waals surface area contributed by atoms with Crippen LogP contribution in [0.2, 0.25) is 0 Å². The molecule has 0 saturated heterocycles. The van der Waals surface area contributed by atoms with Crippen molar-refractivity contribution in [1.82, 2.24) is 16.0 Å².